The molecule has 2 aliphatic heterocycles. The van der Waals surface area contributed by atoms with Crippen molar-refractivity contribution in [1.82, 2.24) is 19.6 Å². The maximum atomic E-state index is 15.3. The SMILES string of the molecule is O=[N+]([O-])c1cn(C2CCCCO2)nc1-c1nc2ccc(N3CCCOCC3)cc2n1F. The smallest absolute Gasteiger partial charge is 0.318 e. The van der Waals surface area contributed by atoms with Crippen LogP contribution in [-0.2, 0) is 9.47 Å². The van der Waals surface area contributed by atoms with Gasteiger partial charge in [0, 0.05) is 32.0 Å². The molecular formula is C20H23FN6O4. The Balaban J connectivity index is 1.54. The molecule has 3 aromatic rings. The molecular weight excluding hydrogens is 407 g/mol. The van der Waals surface area contributed by atoms with Gasteiger partial charge < -0.3 is 14.4 Å². The summed E-state index contributed by atoms with van der Waals surface area (Å²) in [5.74, 6) is -0.187. The Hall–Kier alpha value is -3.05. The normalized spacial score (nSPS) is 20.2. The number of halogens is 1. The zero-order chi connectivity index (χ0) is 21.4. The van der Waals surface area contributed by atoms with E-state index in [-0.39, 0.29) is 22.7 Å². The molecule has 2 aromatic heterocycles. The van der Waals surface area contributed by atoms with Crippen molar-refractivity contribution in [2.45, 2.75) is 31.9 Å². The Kier molecular flexibility index (Phi) is 5.28. The Morgan fingerprint density at radius 3 is 2.87 bits per heavy atom. The Morgan fingerprint density at radius 1 is 1.16 bits per heavy atom. The van der Waals surface area contributed by atoms with Gasteiger partial charge in [-0.15, -0.1) is 0 Å². The fraction of sp³-hybridized carbons (Fsp3) is 0.500. The molecule has 164 valence electrons. The molecule has 0 bridgehead atoms. The topological polar surface area (TPSA) is 100 Å². The van der Waals surface area contributed by atoms with Crippen LogP contribution in [0.1, 0.15) is 31.9 Å². The first-order valence-corrected chi connectivity index (χ1v) is 10.5. The number of hydrogen-bond acceptors (Lipinski definition) is 7. The van der Waals surface area contributed by atoms with Gasteiger partial charge in [0.25, 0.3) is 0 Å². The fourth-order valence-electron chi connectivity index (χ4n) is 4.14. The summed E-state index contributed by atoms with van der Waals surface area (Å²) in [6.45, 7) is 3.43. The van der Waals surface area contributed by atoms with Crippen LogP contribution in [0, 0.1) is 10.1 Å². The largest absolute Gasteiger partial charge is 0.380 e. The molecule has 0 N–H and O–H groups in total. The number of hydrogen-bond donors (Lipinski definition) is 0. The maximum absolute atomic E-state index is 15.3. The summed E-state index contributed by atoms with van der Waals surface area (Å²) in [6.07, 6.45) is 4.39. The zero-order valence-corrected chi connectivity index (χ0v) is 16.9. The molecule has 0 aliphatic carbocycles. The molecule has 31 heavy (non-hydrogen) atoms. The molecule has 0 spiro atoms. The minimum atomic E-state index is -0.566. The van der Waals surface area contributed by atoms with Crippen LogP contribution in [0.5, 0.6) is 0 Å². The van der Waals surface area contributed by atoms with Gasteiger partial charge in [-0.3, -0.25) is 10.1 Å². The lowest BCUT2D eigenvalue weighted by molar-refractivity contribution is -0.384. The molecule has 1 aromatic carbocycles. The summed E-state index contributed by atoms with van der Waals surface area (Å²) in [4.78, 5) is 17.9. The first-order chi connectivity index (χ1) is 15.1. The Bertz CT molecular complexity index is 1100. The van der Waals surface area contributed by atoms with Crippen molar-refractivity contribution in [1.29, 1.82) is 0 Å². The van der Waals surface area contributed by atoms with Gasteiger partial charge in [0.1, 0.15) is 17.9 Å². The highest BCUT2D eigenvalue weighted by atomic mass is 19.2. The minimum Gasteiger partial charge on any atom is -0.380 e. The number of imidazole rings is 1. The number of anilines is 1. The average molecular weight is 430 g/mol. The van der Waals surface area contributed by atoms with Crippen LogP contribution in [0.15, 0.2) is 24.4 Å². The minimum absolute atomic E-state index is 0.109. The van der Waals surface area contributed by atoms with E-state index in [9.17, 15) is 10.1 Å². The van der Waals surface area contributed by atoms with Crippen molar-refractivity contribution >= 4 is 22.4 Å². The second kappa shape index (κ2) is 8.23. The number of nitrogens with zero attached hydrogens (tertiary/aromatic N) is 6. The molecule has 0 radical (unpaired) electrons. The lowest BCUT2D eigenvalue weighted by Gasteiger charge is -2.22. The van der Waals surface area contributed by atoms with Gasteiger partial charge >= 0.3 is 5.69 Å². The summed E-state index contributed by atoms with van der Waals surface area (Å²) < 4.78 is 27.9. The van der Waals surface area contributed by atoms with Crippen molar-refractivity contribution in [2.75, 3.05) is 37.8 Å². The molecule has 0 amide bonds. The second-order valence-corrected chi connectivity index (χ2v) is 7.76. The monoisotopic (exact) mass is 430 g/mol. The van der Waals surface area contributed by atoms with Gasteiger partial charge in [-0.25, -0.2) is 9.67 Å². The van der Waals surface area contributed by atoms with Gasteiger partial charge in [-0.2, -0.15) is 9.89 Å². The predicted octanol–water partition coefficient (Wildman–Crippen LogP) is 3.47. The van der Waals surface area contributed by atoms with Gasteiger partial charge in [0.2, 0.25) is 5.69 Å². The van der Waals surface area contributed by atoms with E-state index in [1.807, 2.05) is 6.07 Å². The molecule has 4 heterocycles. The third-order valence-corrected chi connectivity index (χ3v) is 5.74. The molecule has 10 nitrogen and oxygen atoms in total. The molecule has 2 aliphatic rings. The summed E-state index contributed by atoms with van der Waals surface area (Å²) in [6, 6.07) is 5.32. The first-order valence-electron chi connectivity index (χ1n) is 10.5. The maximum Gasteiger partial charge on any atom is 0.318 e. The highest BCUT2D eigenvalue weighted by Gasteiger charge is 2.29. The van der Waals surface area contributed by atoms with Crippen molar-refractivity contribution in [3.05, 3.63) is 34.5 Å². The van der Waals surface area contributed by atoms with E-state index in [1.54, 1.807) is 12.1 Å². The zero-order valence-electron chi connectivity index (χ0n) is 16.9. The third-order valence-electron chi connectivity index (χ3n) is 5.74. The van der Waals surface area contributed by atoms with Crippen molar-refractivity contribution < 1.29 is 18.9 Å². The third kappa shape index (κ3) is 3.74. The fourth-order valence-corrected chi connectivity index (χ4v) is 4.14. The van der Waals surface area contributed by atoms with Gasteiger partial charge in [-0.1, -0.05) is 4.48 Å². The van der Waals surface area contributed by atoms with E-state index < -0.39 is 11.2 Å². The highest BCUT2D eigenvalue weighted by molar-refractivity contribution is 5.84. The number of benzene rings is 1. The van der Waals surface area contributed by atoms with Crippen LogP contribution in [0.3, 0.4) is 0 Å². The van der Waals surface area contributed by atoms with E-state index >= 15 is 4.48 Å². The highest BCUT2D eigenvalue weighted by Crippen LogP contribution is 2.34. The van der Waals surface area contributed by atoms with E-state index in [0.717, 1.165) is 38.0 Å². The van der Waals surface area contributed by atoms with Crippen LogP contribution in [0.4, 0.5) is 15.9 Å². The van der Waals surface area contributed by atoms with Crippen LogP contribution in [0.2, 0.25) is 0 Å². The average Bonchev–Trinajstić information content (AvgIpc) is 3.25. The molecule has 5 rings (SSSR count). The number of fused-ring (bicyclic) bond motifs is 1. The van der Waals surface area contributed by atoms with E-state index in [0.29, 0.717) is 36.5 Å². The van der Waals surface area contributed by atoms with Crippen LogP contribution in [-0.4, -0.2) is 57.4 Å². The van der Waals surface area contributed by atoms with E-state index in [1.165, 1.54) is 10.9 Å². The summed E-state index contributed by atoms with van der Waals surface area (Å²) in [5.41, 5.74) is 1.11. The Morgan fingerprint density at radius 2 is 2.06 bits per heavy atom. The summed E-state index contributed by atoms with van der Waals surface area (Å²) in [5, 5.41) is 16.0. The molecule has 2 saturated heterocycles. The molecule has 1 atom stereocenters. The standard InChI is InChI=1S/C20H23FN6O4/c21-26-16-12-14(24-7-3-9-30-11-8-24)5-6-15(16)22-20(26)19-17(27(28)29)13-25(23-19)18-4-1-2-10-31-18/h5-6,12-13,18H,1-4,7-11H2. The Labute approximate surface area is 177 Å². The van der Waals surface area contributed by atoms with Gasteiger partial charge in [-0.05, 0) is 43.9 Å². The molecule has 1 unspecified atom stereocenters. The number of rotatable bonds is 4. The number of ether oxygens (including phenoxy) is 2. The van der Waals surface area contributed by atoms with Gasteiger partial charge in [0.15, 0.2) is 5.82 Å². The van der Waals surface area contributed by atoms with Crippen LogP contribution >= 0.6 is 0 Å². The predicted molar refractivity (Wildman–Crippen MR) is 111 cm³/mol. The van der Waals surface area contributed by atoms with Crippen LogP contribution in [0.25, 0.3) is 22.6 Å². The lowest BCUT2D eigenvalue weighted by atomic mass is 10.2. The summed E-state index contributed by atoms with van der Waals surface area (Å²) >= 11 is 0. The van der Waals surface area contributed by atoms with Gasteiger partial charge in [0.05, 0.1) is 17.0 Å². The molecule has 11 heteroatoms. The van der Waals surface area contributed by atoms with Crippen LogP contribution < -0.4 is 4.90 Å². The quantitative estimate of drug-likeness (QED) is 0.461. The van der Waals surface area contributed by atoms with Crippen molar-refractivity contribution in [3.63, 3.8) is 0 Å². The van der Waals surface area contributed by atoms with Crippen molar-refractivity contribution in [3.8, 4) is 11.5 Å². The number of aromatic nitrogens is 4. The first kappa shape index (κ1) is 19.9. The van der Waals surface area contributed by atoms with E-state index in [4.69, 9.17) is 9.47 Å². The molecule has 2 fully saturated rings. The molecule has 0 saturated carbocycles. The van der Waals surface area contributed by atoms with E-state index in [2.05, 4.69) is 15.0 Å². The lowest BCUT2D eigenvalue weighted by Crippen LogP contribution is -2.25. The summed E-state index contributed by atoms with van der Waals surface area (Å²) in [7, 11) is 0. The van der Waals surface area contributed by atoms with Crippen molar-refractivity contribution in [2.24, 2.45) is 0 Å². The second-order valence-electron chi connectivity index (χ2n) is 7.76. The number of nitro groups is 1.